The lowest BCUT2D eigenvalue weighted by atomic mass is 9.99. The van der Waals surface area contributed by atoms with Gasteiger partial charge in [-0.15, -0.1) is 0 Å². The fourth-order valence-electron chi connectivity index (χ4n) is 18.1. The molecule has 6 amide bonds. The molecule has 0 atom stereocenters. The molecule has 0 aromatic heterocycles. The van der Waals surface area contributed by atoms with E-state index in [1.54, 1.807) is 0 Å². The minimum Gasteiger partial charge on any atom is -0.355 e. The molecule has 0 saturated carbocycles. The Balaban J connectivity index is 5.79. The van der Waals surface area contributed by atoms with Crippen LogP contribution in [-0.4, -0.2) is 122 Å². The first-order chi connectivity index (χ1) is 59.9. The molecular formula is C108H214N8O6. The van der Waals surface area contributed by atoms with Crippen LogP contribution in [-0.2, 0) is 28.8 Å². The molecule has 0 aromatic carbocycles. The summed E-state index contributed by atoms with van der Waals surface area (Å²) in [5, 5.41) is 20.3. The van der Waals surface area contributed by atoms with Crippen molar-refractivity contribution in [1.82, 2.24) is 41.7 Å². The molecular weight excluding hydrogens is 1510 g/mol. The molecule has 0 aliphatic carbocycles. The van der Waals surface area contributed by atoms with E-state index in [0.29, 0.717) is 62.9 Å². The van der Waals surface area contributed by atoms with Crippen molar-refractivity contribution in [3.63, 3.8) is 0 Å². The van der Waals surface area contributed by atoms with Gasteiger partial charge >= 0.3 is 0 Å². The number of nitrogens with zero attached hydrogens (tertiary/aromatic N) is 2. The Bertz CT molecular complexity index is 1880. The summed E-state index contributed by atoms with van der Waals surface area (Å²) in [5.41, 5.74) is 0. The molecule has 0 bridgehead atoms. The zero-order chi connectivity index (χ0) is 88.8. The van der Waals surface area contributed by atoms with Crippen molar-refractivity contribution in [2.45, 2.75) is 606 Å². The molecule has 0 saturated heterocycles. The summed E-state index contributed by atoms with van der Waals surface area (Å²) in [4.78, 5) is 85.3. The SMILES string of the molecule is CCCCCCCCC(CCCCCCCC)NC(=O)CCCCCCCN(CCCCCCCC(=O)NC(CCCCCCCC)CCCCCCCC)CCNC(=O)CCC(=O)NCCN(CCCCCCCC(=O)NC(CCCCCCCC)CCCCCCCC)CCCCCCCC(=O)NC(CCCCCCCC)CCCCCCCC. The lowest BCUT2D eigenvalue weighted by Gasteiger charge is -2.23. The Kier molecular flexibility index (Phi) is 94.2. The number of carbonyl (C=O) groups is 6. The molecule has 0 spiro atoms. The summed E-state index contributed by atoms with van der Waals surface area (Å²) < 4.78 is 0. The average Bonchev–Trinajstić information content (AvgIpc) is 0.980. The minimum atomic E-state index is -0.0734. The molecule has 0 rings (SSSR count). The third-order valence-electron chi connectivity index (χ3n) is 26.3. The normalized spacial score (nSPS) is 11.8. The van der Waals surface area contributed by atoms with Gasteiger partial charge in [0.05, 0.1) is 0 Å². The van der Waals surface area contributed by atoms with Gasteiger partial charge in [-0.25, -0.2) is 0 Å². The topological polar surface area (TPSA) is 181 Å². The summed E-state index contributed by atoms with van der Waals surface area (Å²) in [6.45, 7) is 24.8. The first kappa shape index (κ1) is 119. The van der Waals surface area contributed by atoms with Crippen LogP contribution in [0.25, 0.3) is 0 Å². The lowest BCUT2D eigenvalue weighted by Crippen LogP contribution is -2.37. The summed E-state index contributed by atoms with van der Waals surface area (Å²) in [7, 11) is 0. The maximum absolute atomic E-state index is 13.4. The molecule has 0 fully saturated rings. The summed E-state index contributed by atoms with van der Waals surface area (Å²) in [6.07, 6.45) is 94.9. The summed E-state index contributed by atoms with van der Waals surface area (Å²) in [6, 6.07) is 1.25. The van der Waals surface area contributed by atoms with E-state index >= 15 is 0 Å². The molecule has 0 heterocycles. The predicted octanol–water partition coefficient (Wildman–Crippen LogP) is 29.9. The molecule has 0 unspecified atom stereocenters. The maximum Gasteiger partial charge on any atom is 0.220 e. The van der Waals surface area contributed by atoms with E-state index in [-0.39, 0.29) is 48.3 Å². The number of hydrogen-bond acceptors (Lipinski definition) is 8. The standard InChI is InChI=1S/C108H214N8O6/c1-9-17-25-33-45-61-77-99(78-62-46-34-26-18-10-2)111-105(119)85-69-53-41-57-73-93-115(94-74-58-42-54-70-86-106(120)112-100(79-63-47-35-27-19-11-3)80-64-48-36-28-20-12-4)97-91-109-103(117)89-90-104(118)110-92-98-116(95-75-59-43-55-71-87-107(121)113-101(81-65-49-37-29-21-13-5)82-66-50-38-30-22-14-6)96-76-60-44-56-72-88-108(122)114-102(83-67-51-39-31-23-15-7)84-68-52-40-32-24-16-8/h99-102H,9-98H2,1-8H3,(H,109,117)(H,110,118)(H,111,119)(H,112,120)(H,113,121)(H,114,122). The Hall–Kier alpha value is -3.26. The lowest BCUT2D eigenvalue weighted by molar-refractivity contribution is -0.126. The monoisotopic (exact) mass is 1720 g/mol. The van der Waals surface area contributed by atoms with E-state index in [0.717, 1.165) is 219 Å². The van der Waals surface area contributed by atoms with Crippen LogP contribution in [0.4, 0.5) is 0 Å². The molecule has 722 valence electrons. The third-order valence-corrected chi connectivity index (χ3v) is 26.3. The fraction of sp³-hybridized carbons (Fsp3) is 0.944. The third kappa shape index (κ3) is 87.4. The van der Waals surface area contributed by atoms with Gasteiger partial charge in [-0.1, -0.05) is 441 Å². The van der Waals surface area contributed by atoms with Crippen molar-refractivity contribution in [3.8, 4) is 0 Å². The highest BCUT2D eigenvalue weighted by Crippen LogP contribution is 2.23. The van der Waals surface area contributed by atoms with Gasteiger partial charge in [-0.3, -0.25) is 28.8 Å². The molecule has 0 aromatic rings. The molecule has 0 radical (unpaired) electrons. The number of nitrogens with one attached hydrogen (secondary N) is 6. The Morgan fingerprint density at radius 2 is 0.311 bits per heavy atom. The number of amides is 6. The van der Waals surface area contributed by atoms with E-state index in [9.17, 15) is 28.8 Å². The zero-order valence-corrected chi connectivity index (χ0v) is 83.3. The quantitative estimate of drug-likeness (QED) is 0.0326. The number of rotatable bonds is 101. The van der Waals surface area contributed by atoms with E-state index in [1.165, 1.54) is 308 Å². The summed E-state index contributed by atoms with van der Waals surface area (Å²) >= 11 is 0. The van der Waals surface area contributed by atoms with Gasteiger partial charge in [0.2, 0.25) is 35.4 Å². The Labute approximate surface area is 760 Å². The van der Waals surface area contributed by atoms with Gasteiger partial charge in [0.15, 0.2) is 0 Å². The first-order valence-electron chi connectivity index (χ1n) is 55.0. The number of unbranched alkanes of at least 4 members (excludes halogenated alkanes) is 56. The van der Waals surface area contributed by atoms with Gasteiger partial charge in [0.25, 0.3) is 0 Å². The van der Waals surface area contributed by atoms with Crippen molar-refractivity contribution < 1.29 is 28.8 Å². The van der Waals surface area contributed by atoms with Crippen LogP contribution < -0.4 is 31.9 Å². The molecule has 122 heavy (non-hydrogen) atoms. The van der Waals surface area contributed by atoms with Crippen LogP contribution in [0.5, 0.6) is 0 Å². The Morgan fingerprint density at radius 3 is 0.484 bits per heavy atom. The zero-order valence-electron chi connectivity index (χ0n) is 83.3. The highest BCUT2D eigenvalue weighted by atomic mass is 16.2. The smallest absolute Gasteiger partial charge is 0.220 e. The van der Waals surface area contributed by atoms with Gasteiger partial charge in [-0.05, 0) is 129 Å². The molecule has 0 aliphatic rings. The van der Waals surface area contributed by atoms with Crippen molar-refractivity contribution in [3.05, 3.63) is 0 Å². The van der Waals surface area contributed by atoms with E-state index < -0.39 is 0 Å². The van der Waals surface area contributed by atoms with Crippen molar-refractivity contribution in [1.29, 1.82) is 0 Å². The van der Waals surface area contributed by atoms with Gasteiger partial charge in [0, 0.05) is 88.9 Å². The van der Waals surface area contributed by atoms with Gasteiger partial charge in [-0.2, -0.15) is 0 Å². The molecule has 14 heteroatoms. The van der Waals surface area contributed by atoms with Crippen LogP contribution in [0.15, 0.2) is 0 Å². The number of hydrogen-bond donors (Lipinski definition) is 6. The second-order valence-corrected chi connectivity index (χ2v) is 38.5. The highest BCUT2D eigenvalue weighted by molar-refractivity contribution is 5.83. The van der Waals surface area contributed by atoms with E-state index in [1.807, 2.05) is 0 Å². The van der Waals surface area contributed by atoms with Gasteiger partial charge in [0.1, 0.15) is 0 Å². The van der Waals surface area contributed by atoms with Crippen LogP contribution in [0.1, 0.15) is 582 Å². The average molecular weight is 1720 g/mol. The number of carbonyl (C=O) groups excluding carboxylic acids is 6. The highest BCUT2D eigenvalue weighted by Gasteiger charge is 2.19. The van der Waals surface area contributed by atoms with Crippen molar-refractivity contribution in [2.75, 3.05) is 52.4 Å². The minimum absolute atomic E-state index is 0.0734. The summed E-state index contributed by atoms with van der Waals surface area (Å²) in [5.74, 6) is 0.813. The van der Waals surface area contributed by atoms with Crippen LogP contribution in [0.2, 0.25) is 0 Å². The Morgan fingerprint density at radius 1 is 0.164 bits per heavy atom. The van der Waals surface area contributed by atoms with Crippen LogP contribution in [0, 0.1) is 0 Å². The molecule has 0 aliphatic heterocycles. The second-order valence-electron chi connectivity index (χ2n) is 38.5. The largest absolute Gasteiger partial charge is 0.355 e. The molecule has 14 nitrogen and oxygen atoms in total. The predicted molar refractivity (Wildman–Crippen MR) is 531 cm³/mol. The van der Waals surface area contributed by atoms with E-state index in [2.05, 4.69) is 97.1 Å². The van der Waals surface area contributed by atoms with Gasteiger partial charge < -0.3 is 41.7 Å². The van der Waals surface area contributed by atoms with Crippen LogP contribution in [0.3, 0.4) is 0 Å². The van der Waals surface area contributed by atoms with Crippen LogP contribution >= 0.6 is 0 Å². The molecule has 6 N–H and O–H groups in total. The van der Waals surface area contributed by atoms with Crippen molar-refractivity contribution in [2.24, 2.45) is 0 Å². The van der Waals surface area contributed by atoms with E-state index in [4.69, 9.17) is 0 Å². The maximum atomic E-state index is 13.4. The van der Waals surface area contributed by atoms with Crippen molar-refractivity contribution >= 4 is 35.4 Å². The fourth-order valence-corrected chi connectivity index (χ4v) is 18.1. The first-order valence-corrected chi connectivity index (χ1v) is 55.0. The second kappa shape index (κ2) is 96.8.